The highest BCUT2D eigenvalue weighted by molar-refractivity contribution is 6.02. The van der Waals surface area contributed by atoms with Crippen molar-refractivity contribution in [2.75, 3.05) is 20.3 Å². The Morgan fingerprint density at radius 1 is 0.868 bits per heavy atom. The van der Waals surface area contributed by atoms with Gasteiger partial charge in [0.1, 0.15) is 11.9 Å². The predicted molar refractivity (Wildman–Crippen MR) is 294 cm³/mol. The lowest BCUT2D eigenvalue weighted by atomic mass is 9.29. The first kappa shape index (κ1) is 52.2. The molecule has 76 heavy (non-hydrogen) atoms. The minimum atomic E-state index is -0.932. The van der Waals surface area contributed by atoms with Gasteiger partial charge in [0, 0.05) is 92.6 Å². The molecule has 2 saturated heterocycles. The second-order valence-corrected chi connectivity index (χ2v) is 29.0. The quantitative estimate of drug-likeness (QED) is 0.120. The van der Waals surface area contributed by atoms with E-state index in [1.54, 1.807) is 0 Å². The molecular formula is C65H91N3O8. The zero-order chi connectivity index (χ0) is 53.2. The number of aliphatic hydroxyl groups excluding tert-OH is 3. The molecule has 13 rings (SSSR count). The van der Waals surface area contributed by atoms with Crippen molar-refractivity contribution in [2.24, 2.45) is 50.2 Å². The molecule has 3 aromatic rings. The van der Waals surface area contributed by atoms with Gasteiger partial charge < -0.3 is 44.8 Å². The number of hydrogen-bond acceptors (Lipinski definition) is 9. The largest absolute Gasteiger partial charge is 0.393 e. The third-order valence-corrected chi connectivity index (χ3v) is 24.9. The van der Waals surface area contributed by atoms with Gasteiger partial charge in [-0.15, -0.1) is 0 Å². The van der Waals surface area contributed by atoms with E-state index >= 15 is 9.59 Å². The normalized spacial score (nSPS) is 42.3. The number of hydrogen-bond donors (Lipinski definition) is 6. The molecule has 11 heteroatoms. The van der Waals surface area contributed by atoms with E-state index < -0.39 is 67.9 Å². The van der Waals surface area contributed by atoms with E-state index in [4.69, 9.17) is 9.47 Å². The van der Waals surface area contributed by atoms with Gasteiger partial charge >= 0.3 is 0 Å². The van der Waals surface area contributed by atoms with Crippen LogP contribution in [0, 0.1) is 50.2 Å². The minimum absolute atomic E-state index is 0.0394. The molecule has 5 heterocycles. The fraction of sp³-hybridized carbons (Fsp3) is 0.754. The number of carbonyl (C=O) groups is 2. The second kappa shape index (κ2) is 17.9. The molecule has 0 bridgehead atoms. The van der Waals surface area contributed by atoms with Crippen molar-refractivity contribution in [3.63, 3.8) is 0 Å². The maximum atomic E-state index is 15.8. The number of aryl methyl sites for hydroxylation is 1. The molecule has 8 fully saturated rings. The first-order valence-corrected chi connectivity index (χ1v) is 30.5. The Hall–Kier alpha value is -3.16. The van der Waals surface area contributed by atoms with Gasteiger partial charge in [-0.1, -0.05) is 71.6 Å². The van der Waals surface area contributed by atoms with E-state index in [1.165, 1.54) is 54.4 Å². The van der Waals surface area contributed by atoms with Crippen molar-refractivity contribution in [1.29, 1.82) is 0 Å². The number of rotatable bonds is 8. The number of Topliss-reactive ketones (excluding diaryl/α,β-unsaturated/α-hetero) is 2. The highest BCUT2D eigenvalue weighted by atomic mass is 16.6. The maximum Gasteiger partial charge on any atom is 0.160 e. The standard InChI is InChI=1S/C65H91N3O8/c1-58(2)57(76-58)48(71)32-59(3)19-15-40-35-67-53-42(27-38-26-41(39-12-9-8-10-13-39)29-43(28-38)65(74)22-24-75-25-23-65)36-68(54(40)53)37-46-51-52(59)47(70)33-61(51,5)60(4)20-17-49-62(6,56(60)55(46)73)63(21-16-45(69)31-63)34-50(72)64(49)18-11-14-44(30-64)66-7/h26,28-29,35-36,39,44-46,48-49,55-57,66-67,69,71,73-74H,8-25,27,30-34,37H2,1-7H3. The van der Waals surface area contributed by atoms with Gasteiger partial charge in [-0.05, 0) is 177 Å². The van der Waals surface area contributed by atoms with Crippen molar-refractivity contribution in [1.82, 2.24) is 14.9 Å². The summed E-state index contributed by atoms with van der Waals surface area (Å²) in [6, 6.07) is 7.25. The van der Waals surface area contributed by atoms with Gasteiger partial charge in [0.25, 0.3) is 0 Å². The first-order chi connectivity index (χ1) is 36.1. The summed E-state index contributed by atoms with van der Waals surface area (Å²) in [6.07, 6.45) is 20.0. The molecule has 10 aliphatic rings. The van der Waals surface area contributed by atoms with Gasteiger partial charge in [-0.25, -0.2) is 0 Å². The van der Waals surface area contributed by atoms with Crippen LogP contribution in [0.3, 0.4) is 0 Å². The van der Waals surface area contributed by atoms with Gasteiger partial charge in [0.2, 0.25) is 0 Å². The number of nitrogens with one attached hydrogen (secondary N) is 2. The highest BCUT2D eigenvalue weighted by Crippen LogP contribution is 2.81. The molecule has 11 nitrogen and oxygen atoms in total. The molecule has 6 saturated carbocycles. The Morgan fingerprint density at radius 2 is 1.63 bits per heavy atom. The fourth-order valence-corrected chi connectivity index (χ4v) is 20.9. The number of aliphatic hydroxyl groups is 4. The Morgan fingerprint density at radius 3 is 2.34 bits per heavy atom. The van der Waals surface area contributed by atoms with Crippen LogP contribution >= 0.6 is 0 Å². The molecule has 14 unspecified atom stereocenters. The zero-order valence-electron chi connectivity index (χ0n) is 47.1. The third-order valence-electron chi connectivity index (χ3n) is 24.9. The smallest absolute Gasteiger partial charge is 0.160 e. The molecule has 1 aromatic carbocycles. The van der Waals surface area contributed by atoms with Crippen molar-refractivity contribution in [3.8, 4) is 0 Å². The highest BCUT2D eigenvalue weighted by Gasteiger charge is 2.78. The van der Waals surface area contributed by atoms with E-state index in [2.05, 4.69) is 73.2 Å². The topological polar surface area (TPSA) is 170 Å². The molecule has 0 amide bonds. The number of ether oxygens (including phenoxy) is 2. The van der Waals surface area contributed by atoms with E-state index in [0.29, 0.717) is 95.7 Å². The molecule has 3 aliphatic heterocycles. The van der Waals surface area contributed by atoms with Crippen LogP contribution in [0.5, 0.6) is 0 Å². The number of epoxide rings is 1. The molecule has 7 aliphatic carbocycles. The lowest BCUT2D eigenvalue weighted by molar-refractivity contribution is -0.267. The van der Waals surface area contributed by atoms with Gasteiger partial charge in [-0.2, -0.15) is 0 Å². The Labute approximate surface area is 452 Å². The van der Waals surface area contributed by atoms with Crippen molar-refractivity contribution >= 4 is 22.6 Å². The van der Waals surface area contributed by atoms with E-state index in [1.807, 2.05) is 20.9 Å². The number of nitrogens with zero attached hydrogens (tertiary/aromatic N) is 1. The number of aromatic amines is 1. The second-order valence-electron chi connectivity index (χ2n) is 29.0. The van der Waals surface area contributed by atoms with E-state index in [-0.39, 0.29) is 29.8 Å². The SMILES string of the molecule is CNC1CCCC2(C1)C(=O)CC1(CCC(O)C1)C1(C)C2CCC2(C)C1C(O)C1Cn3cc(Cc4cc(C5CCCCC5)cc(C5(O)CCOCC5)c4)c4[nH]cc(c43)CCC(C)(CC(O)C3OC3(C)C)C3=C1C2(C)CC3=O. The monoisotopic (exact) mass is 1040 g/mol. The third kappa shape index (κ3) is 7.49. The molecular weight excluding hydrogens is 951 g/mol. The van der Waals surface area contributed by atoms with Crippen molar-refractivity contribution in [3.05, 3.63) is 69.6 Å². The number of fused-ring (bicyclic) bond motifs is 6. The first-order valence-electron chi connectivity index (χ1n) is 30.5. The van der Waals surface area contributed by atoms with Crippen molar-refractivity contribution in [2.45, 2.75) is 237 Å². The lowest BCUT2D eigenvalue weighted by Gasteiger charge is -2.75. The lowest BCUT2D eigenvalue weighted by Crippen LogP contribution is -2.73. The number of carbonyl (C=O) groups excluding carboxylic acids is 2. The predicted octanol–water partition coefficient (Wildman–Crippen LogP) is 10.4. The zero-order valence-corrected chi connectivity index (χ0v) is 47.1. The Kier molecular flexibility index (Phi) is 12.3. The summed E-state index contributed by atoms with van der Waals surface area (Å²) >= 11 is 0. The summed E-state index contributed by atoms with van der Waals surface area (Å²) in [5, 5.41) is 54.2. The van der Waals surface area contributed by atoms with Crippen LogP contribution in [0.15, 0.2) is 41.7 Å². The average molecular weight is 1040 g/mol. The summed E-state index contributed by atoms with van der Waals surface area (Å²) in [4.78, 5) is 34.9. The molecule has 6 N–H and O–H groups in total. The number of benzene rings is 1. The molecule has 2 aromatic heterocycles. The molecule has 2 spiro atoms. The maximum absolute atomic E-state index is 15.8. The molecule has 0 radical (unpaired) electrons. The van der Waals surface area contributed by atoms with Crippen LogP contribution < -0.4 is 5.32 Å². The van der Waals surface area contributed by atoms with Gasteiger partial charge in [-0.3, -0.25) is 9.59 Å². The van der Waals surface area contributed by atoms with Crippen LogP contribution in [0.1, 0.15) is 204 Å². The summed E-state index contributed by atoms with van der Waals surface area (Å²) in [5.41, 5.74) is 5.45. The summed E-state index contributed by atoms with van der Waals surface area (Å²) < 4.78 is 14.4. The Bertz CT molecular complexity index is 2850. The number of allylic oxidation sites excluding steroid dienone is 1. The summed E-state index contributed by atoms with van der Waals surface area (Å²) in [7, 11) is 2.05. The molecule has 14 atom stereocenters. The van der Waals surface area contributed by atoms with Crippen molar-refractivity contribution < 1.29 is 39.5 Å². The van der Waals surface area contributed by atoms with E-state index in [9.17, 15) is 20.4 Å². The summed E-state index contributed by atoms with van der Waals surface area (Å²) in [6.45, 7) is 15.2. The fourth-order valence-electron chi connectivity index (χ4n) is 20.9. The number of H-pyrrole nitrogens is 1. The van der Waals surface area contributed by atoms with Gasteiger partial charge in [0.15, 0.2) is 5.78 Å². The Balaban J connectivity index is 0.979. The number of aromatic nitrogens is 2. The molecule has 414 valence electrons. The van der Waals surface area contributed by atoms with Crippen LogP contribution in [0.25, 0.3) is 11.0 Å². The summed E-state index contributed by atoms with van der Waals surface area (Å²) in [5.74, 6) is 0.391. The average Bonchev–Trinajstić information content (AvgIpc) is 3.99. The minimum Gasteiger partial charge on any atom is -0.393 e. The van der Waals surface area contributed by atoms with Crippen LogP contribution in [0.2, 0.25) is 0 Å². The van der Waals surface area contributed by atoms with E-state index in [0.717, 1.165) is 72.7 Å². The van der Waals surface area contributed by atoms with Crippen LogP contribution in [-0.2, 0) is 44.1 Å². The van der Waals surface area contributed by atoms with Crippen LogP contribution in [-0.4, -0.2) is 97.9 Å². The van der Waals surface area contributed by atoms with Gasteiger partial charge in [0.05, 0.1) is 40.5 Å². The number of ketones is 2. The van der Waals surface area contributed by atoms with Crippen LogP contribution in [0.4, 0.5) is 0 Å².